The monoisotopic (exact) mass is 275 g/mol. The highest BCUT2D eigenvalue weighted by atomic mass is 16.5. The Kier molecular flexibility index (Phi) is 2.23. The molecule has 0 aliphatic carbocycles. The van der Waals surface area contributed by atoms with E-state index in [-0.39, 0.29) is 47.7 Å². The van der Waals surface area contributed by atoms with Crippen molar-refractivity contribution in [3.8, 4) is 0 Å². The quantitative estimate of drug-likeness (QED) is 0.690. The number of carbonyl (C=O) groups is 2. The smallest absolute Gasteiger partial charge is 0.235 e. The molecule has 106 valence electrons. The van der Waals surface area contributed by atoms with E-state index in [1.165, 1.54) is 4.90 Å². The molecule has 0 radical (unpaired) electrons. The molecule has 4 heterocycles. The molecule has 5 atom stereocenters. The lowest BCUT2D eigenvalue weighted by Crippen LogP contribution is -2.43. The van der Waals surface area contributed by atoms with Crippen molar-refractivity contribution in [3.63, 3.8) is 0 Å². The molecule has 0 aromatic rings. The molecular formula is C14H17N3O3. The Hall–Kier alpha value is -1.69. The minimum absolute atomic E-state index is 0.0470. The van der Waals surface area contributed by atoms with Crippen molar-refractivity contribution in [3.05, 3.63) is 11.8 Å². The van der Waals surface area contributed by atoms with Crippen molar-refractivity contribution in [1.82, 2.24) is 10.3 Å². The van der Waals surface area contributed by atoms with Crippen molar-refractivity contribution in [2.45, 2.75) is 26.1 Å². The number of hydrazone groups is 1. The van der Waals surface area contributed by atoms with Crippen molar-refractivity contribution in [2.24, 2.45) is 28.8 Å². The molecule has 20 heavy (non-hydrogen) atoms. The van der Waals surface area contributed by atoms with Gasteiger partial charge in [-0.3, -0.25) is 19.9 Å². The molecule has 6 heteroatoms. The van der Waals surface area contributed by atoms with Gasteiger partial charge in [0.2, 0.25) is 11.8 Å². The summed E-state index contributed by atoms with van der Waals surface area (Å²) in [5, 5.41) is 4.37. The van der Waals surface area contributed by atoms with Gasteiger partial charge in [0.15, 0.2) is 0 Å². The number of rotatable bonds is 1. The van der Waals surface area contributed by atoms with E-state index in [0.29, 0.717) is 0 Å². The predicted molar refractivity (Wildman–Crippen MR) is 70.4 cm³/mol. The van der Waals surface area contributed by atoms with Gasteiger partial charge in [0.1, 0.15) is 0 Å². The molecule has 4 rings (SSSR count). The van der Waals surface area contributed by atoms with Crippen LogP contribution in [0.15, 0.2) is 16.9 Å². The van der Waals surface area contributed by atoms with Gasteiger partial charge in [-0.25, -0.2) is 0 Å². The standard InChI is InChI=1S/C14H17N3O3/c1-5(2)10-7-6(4-15-16-10)11-8-9(12(7)20-11)14(19)17(3)13(8)18/h4-5,7-9,11-12,15H,1-3H3. The summed E-state index contributed by atoms with van der Waals surface area (Å²) in [4.78, 5) is 25.8. The summed E-state index contributed by atoms with van der Waals surface area (Å²) in [5.74, 6) is -0.558. The van der Waals surface area contributed by atoms with E-state index < -0.39 is 0 Å². The van der Waals surface area contributed by atoms with Gasteiger partial charge in [-0.15, -0.1) is 0 Å². The molecule has 4 aliphatic rings. The second-order valence-corrected chi connectivity index (χ2v) is 6.25. The Morgan fingerprint density at radius 3 is 2.70 bits per heavy atom. The fourth-order valence-corrected chi connectivity index (χ4v) is 4.05. The summed E-state index contributed by atoms with van der Waals surface area (Å²) >= 11 is 0. The first kappa shape index (κ1) is 12.1. The van der Waals surface area contributed by atoms with Crippen molar-refractivity contribution >= 4 is 17.5 Å². The average molecular weight is 275 g/mol. The van der Waals surface area contributed by atoms with Crippen molar-refractivity contribution in [2.75, 3.05) is 7.05 Å². The second-order valence-electron chi connectivity index (χ2n) is 6.25. The minimum atomic E-state index is -0.340. The highest BCUT2D eigenvalue weighted by Gasteiger charge is 2.67. The second kappa shape index (κ2) is 3.69. The zero-order valence-corrected chi connectivity index (χ0v) is 11.7. The van der Waals surface area contributed by atoms with Crippen LogP contribution in [0.5, 0.6) is 0 Å². The number of nitrogens with zero attached hydrogens (tertiary/aromatic N) is 2. The van der Waals surface area contributed by atoms with E-state index >= 15 is 0 Å². The molecule has 0 aromatic carbocycles. The summed E-state index contributed by atoms with van der Waals surface area (Å²) in [5.41, 5.74) is 5.02. The van der Waals surface area contributed by atoms with Gasteiger partial charge in [0.25, 0.3) is 0 Å². The van der Waals surface area contributed by atoms with E-state index in [4.69, 9.17) is 4.74 Å². The Morgan fingerprint density at radius 2 is 2.00 bits per heavy atom. The summed E-state index contributed by atoms with van der Waals surface area (Å²) in [6.45, 7) is 4.17. The van der Waals surface area contributed by atoms with Crippen molar-refractivity contribution < 1.29 is 14.3 Å². The van der Waals surface area contributed by atoms with E-state index in [0.717, 1.165) is 11.3 Å². The van der Waals surface area contributed by atoms with Crippen LogP contribution in [0.4, 0.5) is 0 Å². The third-order valence-corrected chi connectivity index (χ3v) is 4.95. The number of hydrogen-bond donors (Lipinski definition) is 1. The highest BCUT2D eigenvalue weighted by molar-refractivity contribution is 6.07. The first-order valence-electron chi connectivity index (χ1n) is 7.02. The Morgan fingerprint density at radius 1 is 1.30 bits per heavy atom. The number of ether oxygens (including phenoxy) is 1. The van der Waals surface area contributed by atoms with Crippen LogP contribution in [-0.4, -0.2) is 41.7 Å². The molecular weight excluding hydrogens is 258 g/mol. The summed E-state index contributed by atoms with van der Waals surface area (Å²) in [6.07, 6.45) is 1.34. The van der Waals surface area contributed by atoms with Gasteiger partial charge in [-0.05, 0) is 11.5 Å². The van der Waals surface area contributed by atoms with Gasteiger partial charge in [0.05, 0.1) is 35.7 Å². The van der Waals surface area contributed by atoms with Crippen LogP contribution in [0.1, 0.15) is 13.8 Å². The average Bonchev–Trinajstić information content (AvgIpc) is 3.05. The molecule has 1 N–H and O–H groups in total. The fourth-order valence-electron chi connectivity index (χ4n) is 4.05. The largest absolute Gasteiger partial charge is 0.368 e. The maximum atomic E-state index is 12.3. The number of likely N-dealkylation sites (tertiary alicyclic amines) is 1. The highest BCUT2D eigenvalue weighted by Crippen LogP contribution is 2.54. The molecule has 3 saturated heterocycles. The predicted octanol–water partition coefficient (Wildman–Crippen LogP) is 0.114. The van der Waals surface area contributed by atoms with Gasteiger partial charge >= 0.3 is 0 Å². The van der Waals surface area contributed by atoms with Crippen molar-refractivity contribution in [1.29, 1.82) is 0 Å². The van der Waals surface area contributed by atoms with Crippen LogP contribution < -0.4 is 5.43 Å². The summed E-state index contributed by atoms with van der Waals surface area (Å²) < 4.78 is 6.00. The van der Waals surface area contributed by atoms with E-state index in [1.54, 1.807) is 7.05 Å². The van der Waals surface area contributed by atoms with Gasteiger partial charge in [-0.1, -0.05) is 13.8 Å². The van der Waals surface area contributed by atoms with Crippen LogP contribution in [0, 0.1) is 23.7 Å². The zero-order chi connectivity index (χ0) is 14.2. The van der Waals surface area contributed by atoms with E-state index in [2.05, 4.69) is 24.4 Å². The molecule has 0 saturated carbocycles. The third-order valence-electron chi connectivity index (χ3n) is 4.95. The topological polar surface area (TPSA) is 71.0 Å². The van der Waals surface area contributed by atoms with E-state index in [1.807, 2.05) is 6.20 Å². The SMILES string of the molecule is CC(C)C1=NNC=C2C3OC(C21)C1C(=O)N(C)C(=O)C31. The van der Waals surface area contributed by atoms with Gasteiger partial charge in [0, 0.05) is 13.2 Å². The van der Waals surface area contributed by atoms with Crippen LogP contribution in [0.3, 0.4) is 0 Å². The summed E-state index contributed by atoms with van der Waals surface area (Å²) in [7, 11) is 1.57. The maximum absolute atomic E-state index is 12.3. The summed E-state index contributed by atoms with van der Waals surface area (Å²) in [6, 6.07) is 0. The number of fused-ring (bicyclic) bond motifs is 8. The van der Waals surface area contributed by atoms with Gasteiger partial charge in [-0.2, -0.15) is 5.10 Å². The zero-order valence-electron chi connectivity index (χ0n) is 11.7. The molecule has 0 spiro atoms. The molecule has 5 unspecified atom stereocenters. The number of hydrogen-bond acceptors (Lipinski definition) is 5. The molecule has 2 amide bonds. The van der Waals surface area contributed by atoms with Crippen LogP contribution in [-0.2, 0) is 14.3 Å². The van der Waals surface area contributed by atoms with Crippen LogP contribution in [0.25, 0.3) is 0 Å². The first-order chi connectivity index (χ1) is 9.52. The number of amides is 2. The Labute approximate surface area is 116 Å². The molecule has 6 nitrogen and oxygen atoms in total. The molecule has 4 aliphatic heterocycles. The lowest BCUT2D eigenvalue weighted by Gasteiger charge is -2.32. The lowest BCUT2D eigenvalue weighted by molar-refractivity contribution is -0.140. The van der Waals surface area contributed by atoms with Gasteiger partial charge < -0.3 is 4.74 Å². The van der Waals surface area contributed by atoms with Crippen LogP contribution >= 0.6 is 0 Å². The molecule has 3 fully saturated rings. The lowest BCUT2D eigenvalue weighted by atomic mass is 9.69. The Bertz CT molecular complexity index is 580. The third kappa shape index (κ3) is 1.21. The Balaban J connectivity index is 1.78. The number of nitrogens with one attached hydrogen (secondary N) is 1. The fraction of sp³-hybridized carbons (Fsp3) is 0.643. The van der Waals surface area contributed by atoms with E-state index in [9.17, 15) is 9.59 Å². The number of imide groups is 1. The first-order valence-corrected chi connectivity index (χ1v) is 7.02. The minimum Gasteiger partial charge on any atom is -0.368 e. The van der Waals surface area contributed by atoms with Crippen LogP contribution in [0.2, 0.25) is 0 Å². The molecule has 2 bridgehead atoms. The normalized spacial score (nSPS) is 41.6. The maximum Gasteiger partial charge on any atom is 0.235 e. The molecule has 0 aromatic heterocycles. The number of carbonyl (C=O) groups excluding carboxylic acids is 2.